The summed E-state index contributed by atoms with van der Waals surface area (Å²) in [5, 5.41) is 12.4. The number of amides is 1. The summed E-state index contributed by atoms with van der Waals surface area (Å²) < 4.78 is 45.6. The van der Waals surface area contributed by atoms with Crippen molar-refractivity contribution in [2.75, 3.05) is 12.4 Å². The van der Waals surface area contributed by atoms with E-state index in [-0.39, 0.29) is 10.6 Å². The highest BCUT2D eigenvalue weighted by Crippen LogP contribution is 2.31. The van der Waals surface area contributed by atoms with Gasteiger partial charge in [0.05, 0.1) is 22.9 Å². The lowest BCUT2D eigenvalue weighted by molar-refractivity contribution is -0.137. The second-order valence-electron chi connectivity index (χ2n) is 6.20. The van der Waals surface area contributed by atoms with Gasteiger partial charge in [0.2, 0.25) is 10.8 Å². The van der Waals surface area contributed by atoms with Crippen LogP contribution in [0.15, 0.2) is 47.3 Å². The van der Waals surface area contributed by atoms with E-state index in [4.69, 9.17) is 4.74 Å². The molecule has 0 radical (unpaired) electrons. The Kier molecular flexibility index (Phi) is 4.61. The molecule has 0 saturated carbocycles. The van der Waals surface area contributed by atoms with Gasteiger partial charge in [-0.25, -0.2) is 4.40 Å². The predicted molar refractivity (Wildman–Crippen MR) is 104 cm³/mol. The maximum atomic E-state index is 13.0. The Hall–Kier alpha value is -3.60. The fraction of sp³-hybridized carbons (Fsp3) is 0.105. The zero-order chi connectivity index (χ0) is 21.6. The first kappa shape index (κ1) is 19.7. The maximum Gasteiger partial charge on any atom is 0.416 e. The Bertz CT molecular complexity index is 1360. The summed E-state index contributed by atoms with van der Waals surface area (Å²) in [6.07, 6.45) is -4.60. The molecule has 0 saturated heterocycles. The highest BCUT2D eigenvalue weighted by atomic mass is 32.1. The van der Waals surface area contributed by atoms with E-state index >= 15 is 0 Å². The molecule has 2 heterocycles. The summed E-state index contributed by atoms with van der Waals surface area (Å²) in [4.78, 5) is 29.6. The van der Waals surface area contributed by atoms with Crippen LogP contribution in [0.25, 0.3) is 15.2 Å². The molecule has 2 aromatic carbocycles. The molecular weight excluding hydrogens is 423 g/mol. The van der Waals surface area contributed by atoms with Crippen molar-refractivity contribution in [2.45, 2.75) is 6.18 Å². The Labute approximate surface area is 170 Å². The molecule has 4 rings (SSSR count). The van der Waals surface area contributed by atoms with E-state index in [0.717, 1.165) is 33.9 Å². The summed E-state index contributed by atoms with van der Waals surface area (Å²) in [5.41, 5.74) is -2.28. The SMILES string of the molecule is COc1ccc2sc3nc(O)c(C(=O)Nc4cccc(C(F)(F)F)c4)c(=O)n3c2c1. The summed E-state index contributed by atoms with van der Waals surface area (Å²) >= 11 is 1.12. The number of hydrogen-bond acceptors (Lipinski definition) is 6. The second-order valence-corrected chi connectivity index (χ2v) is 7.21. The molecule has 0 aliphatic carbocycles. The quantitative estimate of drug-likeness (QED) is 0.509. The number of carbonyl (C=O) groups excluding carboxylic acids is 1. The van der Waals surface area contributed by atoms with Gasteiger partial charge in [-0.15, -0.1) is 0 Å². The first-order valence-corrected chi connectivity index (χ1v) is 9.21. The number of thiazole rings is 1. The minimum atomic E-state index is -4.60. The molecule has 2 aromatic heterocycles. The van der Waals surface area contributed by atoms with Gasteiger partial charge in [0.25, 0.3) is 11.5 Å². The third kappa shape index (κ3) is 3.32. The third-order valence-electron chi connectivity index (χ3n) is 4.32. The van der Waals surface area contributed by atoms with E-state index in [1.54, 1.807) is 18.2 Å². The number of nitrogens with one attached hydrogen (secondary N) is 1. The van der Waals surface area contributed by atoms with E-state index in [1.165, 1.54) is 13.2 Å². The van der Waals surface area contributed by atoms with Gasteiger partial charge in [0.15, 0.2) is 5.56 Å². The van der Waals surface area contributed by atoms with Crippen molar-refractivity contribution >= 4 is 38.1 Å². The molecule has 0 bridgehead atoms. The first-order valence-electron chi connectivity index (χ1n) is 8.40. The van der Waals surface area contributed by atoms with Gasteiger partial charge < -0.3 is 15.2 Å². The van der Waals surface area contributed by atoms with Crippen LogP contribution in [0, 0.1) is 0 Å². The predicted octanol–water partition coefficient (Wildman–Crippen LogP) is 3.89. The van der Waals surface area contributed by atoms with E-state index < -0.39 is 34.6 Å². The molecular formula is C19H12F3N3O4S. The van der Waals surface area contributed by atoms with Crippen molar-refractivity contribution in [3.8, 4) is 11.6 Å². The first-order chi connectivity index (χ1) is 14.2. The van der Waals surface area contributed by atoms with E-state index in [0.29, 0.717) is 16.0 Å². The summed E-state index contributed by atoms with van der Waals surface area (Å²) in [7, 11) is 1.45. The largest absolute Gasteiger partial charge is 0.497 e. The smallest absolute Gasteiger partial charge is 0.416 e. The van der Waals surface area contributed by atoms with Crippen molar-refractivity contribution in [1.82, 2.24) is 9.38 Å². The number of alkyl halides is 3. The lowest BCUT2D eigenvalue weighted by atomic mass is 10.2. The number of aromatic hydroxyl groups is 1. The van der Waals surface area contributed by atoms with Crippen LogP contribution in [-0.4, -0.2) is 27.5 Å². The number of anilines is 1. The van der Waals surface area contributed by atoms with Gasteiger partial charge in [0.1, 0.15) is 5.75 Å². The van der Waals surface area contributed by atoms with E-state index in [1.807, 2.05) is 0 Å². The lowest BCUT2D eigenvalue weighted by Crippen LogP contribution is -2.26. The third-order valence-corrected chi connectivity index (χ3v) is 5.34. The number of halogens is 3. The van der Waals surface area contributed by atoms with Crippen molar-refractivity contribution in [1.29, 1.82) is 0 Å². The highest BCUT2D eigenvalue weighted by molar-refractivity contribution is 7.23. The van der Waals surface area contributed by atoms with Crippen LogP contribution in [0.4, 0.5) is 18.9 Å². The molecule has 154 valence electrons. The van der Waals surface area contributed by atoms with Gasteiger partial charge in [-0.05, 0) is 30.3 Å². The molecule has 30 heavy (non-hydrogen) atoms. The zero-order valence-corrected chi connectivity index (χ0v) is 16.0. The number of nitrogens with zero attached hydrogens (tertiary/aromatic N) is 2. The number of aromatic nitrogens is 2. The molecule has 0 aliphatic heterocycles. The summed E-state index contributed by atoms with van der Waals surface area (Å²) in [6.45, 7) is 0. The molecule has 1 amide bonds. The van der Waals surface area contributed by atoms with Gasteiger partial charge >= 0.3 is 6.18 Å². The number of rotatable bonds is 3. The Morgan fingerprint density at radius 2 is 2.00 bits per heavy atom. The molecule has 11 heteroatoms. The van der Waals surface area contributed by atoms with Crippen LogP contribution in [0.5, 0.6) is 11.6 Å². The van der Waals surface area contributed by atoms with Crippen molar-refractivity contribution < 1.29 is 27.8 Å². The zero-order valence-electron chi connectivity index (χ0n) is 15.1. The highest BCUT2D eigenvalue weighted by Gasteiger charge is 2.31. The minimum absolute atomic E-state index is 0.149. The van der Waals surface area contributed by atoms with Crippen molar-refractivity contribution in [2.24, 2.45) is 0 Å². The van der Waals surface area contributed by atoms with E-state index in [9.17, 15) is 27.9 Å². The number of benzene rings is 2. The molecule has 7 nitrogen and oxygen atoms in total. The fourth-order valence-corrected chi connectivity index (χ4v) is 3.91. The maximum absolute atomic E-state index is 13.0. The average molecular weight is 435 g/mol. The van der Waals surface area contributed by atoms with Crippen molar-refractivity contribution in [3.05, 3.63) is 63.9 Å². The van der Waals surface area contributed by atoms with Gasteiger partial charge in [-0.1, -0.05) is 17.4 Å². The topological polar surface area (TPSA) is 92.9 Å². The number of carbonyl (C=O) groups is 1. The Morgan fingerprint density at radius 1 is 1.23 bits per heavy atom. The number of fused-ring (bicyclic) bond motifs is 3. The Morgan fingerprint density at radius 3 is 2.70 bits per heavy atom. The van der Waals surface area contributed by atoms with Gasteiger partial charge in [0, 0.05) is 11.8 Å². The monoisotopic (exact) mass is 435 g/mol. The minimum Gasteiger partial charge on any atom is -0.497 e. The normalized spacial score (nSPS) is 11.7. The van der Waals surface area contributed by atoms with Crippen LogP contribution in [0.1, 0.15) is 15.9 Å². The van der Waals surface area contributed by atoms with Gasteiger partial charge in [-0.3, -0.25) is 9.59 Å². The molecule has 0 aliphatic rings. The van der Waals surface area contributed by atoms with E-state index in [2.05, 4.69) is 10.3 Å². The summed E-state index contributed by atoms with van der Waals surface area (Å²) in [5.74, 6) is -1.43. The van der Waals surface area contributed by atoms with Crippen molar-refractivity contribution in [3.63, 3.8) is 0 Å². The molecule has 4 aromatic rings. The molecule has 0 fully saturated rings. The van der Waals surface area contributed by atoms with Crippen LogP contribution >= 0.6 is 11.3 Å². The molecule has 0 unspecified atom stereocenters. The number of methoxy groups -OCH3 is 1. The van der Waals surface area contributed by atoms with Crippen LogP contribution < -0.4 is 15.6 Å². The molecule has 0 atom stereocenters. The Balaban J connectivity index is 1.81. The standard InChI is InChI=1S/C19H12F3N3O4S/c1-29-11-5-6-13-12(8-11)25-17(28)14(16(27)24-18(25)30-13)15(26)23-10-4-2-3-9(7-10)19(20,21)22/h2-8,27H,1H3,(H,23,26). The lowest BCUT2D eigenvalue weighted by Gasteiger charge is -2.10. The van der Waals surface area contributed by atoms with Crippen LogP contribution in [0.2, 0.25) is 0 Å². The van der Waals surface area contributed by atoms with Gasteiger partial charge in [-0.2, -0.15) is 18.2 Å². The van der Waals surface area contributed by atoms with Crippen LogP contribution in [-0.2, 0) is 6.18 Å². The van der Waals surface area contributed by atoms with Crippen LogP contribution in [0.3, 0.4) is 0 Å². The number of ether oxygens (including phenoxy) is 1. The second kappa shape index (κ2) is 7.02. The number of hydrogen-bond donors (Lipinski definition) is 2. The molecule has 0 spiro atoms. The molecule has 2 N–H and O–H groups in total. The summed E-state index contributed by atoms with van der Waals surface area (Å²) in [6, 6.07) is 8.89. The average Bonchev–Trinajstić information content (AvgIpc) is 3.04. The fourth-order valence-electron chi connectivity index (χ4n) is 2.92.